The highest BCUT2D eigenvalue weighted by atomic mass is 32.2. The first-order chi connectivity index (χ1) is 10.5. The highest BCUT2D eigenvalue weighted by Gasteiger charge is 2.34. The predicted molar refractivity (Wildman–Crippen MR) is 89.8 cm³/mol. The van der Waals surface area contributed by atoms with Crippen LogP contribution in [0.15, 0.2) is 4.99 Å². The lowest BCUT2D eigenvalue weighted by Gasteiger charge is -2.25. The van der Waals surface area contributed by atoms with Gasteiger partial charge in [-0.15, -0.1) is 0 Å². The maximum atomic E-state index is 11.6. The number of rotatable bonds is 4. The van der Waals surface area contributed by atoms with E-state index in [1.165, 1.54) is 38.5 Å². The zero-order chi connectivity index (χ0) is 15.6. The van der Waals surface area contributed by atoms with Gasteiger partial charge in [-0.2, -0.15) is 0 Å². The molecule has 0 aromatic carbocycles. The summed E-state index contributed by atoms with van der Waals surface area (Å²) in [4.78, 5) is 4.71. The first-order valence-electron chi connectivity index (χ1n) is 8.80. The third-order valence-electron chi connectivity index (χ3n) is 5.21. The monoisotopic (exact) mass is 327 g/mol. The lowest BCUT2D eigenvalue weighted by molar-refractivity contribution is 0.409. The Hall–Kier alpha value is -0.780. The fraction of sp³-hybridized carbons (Fsp3) is 0.938. The van der Waals surface area contributed by atoms with Gasteiger partial charge in [0.2, 0.25) is 0 Å². The van der Waals surface area contributed by atoms with E-state index in [2.05, 4.69) is 17.6 Å². The molecule has 3 rings (SSSR count). The van der Waals surface area contributed by atoms with Crippen molar-refractivity contribution in [3.63, 3.8) is 0 Å². The van der Waals surface area contributed by atoms with Crippen LogP contribution in [0.25, 0.3) is 0 Å². The summed E-state index contributed by atoms with van der Waals surface area (Å²) < 4.78 is 23.1. The van der Waals surface area contributed by atoms with Crippen LogP contribution in [-0.2, 0) is 9.84 Å². The van der Waals surface area contributed by atoms with E-state index in [9.17, 15) is 8.42 Å². The first-order valence-corrected chi connectivity index (χ1v) is 10.6. The van der Waals surface area contributed by atoms with Crippen molar-refractivity contribution >= 4 is 15.8 Å². The number of hydrogen-bond donors (Lipinski definition) is 2. The van der Waals surface area contributed by atoms with Crippen molar-refractivity contribution in [3.05, 3.63) is 0 Å². The summed E-state index contributed by atoms with van der Waals surface area (Å²) in [6.07, 6.45) is 8.36. The molecule has 2 aliphatic carbocycles. The Labute approximate surface area is 134 Å². The summed E-state index contributed by atoms with van der Waals surface area (Å²) in [7, 11) is -2.80. The maximum absolute atomic E-state index is 11.6. The Bertz CT molecular complexity index is 511. The van der Waals surface area contributed by atoms with Crippen molar-refractivity contribution in [1.82, 2.24) is 10.6 Å². The normalized spacial score (nSPS) is 35.3. The molecule has 2 saturated carbocycles. The van der Waals surface area contributed by atoms with Gasteiger partial charge in [-0.1, -0.05) is 26.2 Å². The minimum atomic E-state index is -2.80. The highest BCUT2D eigenvalue weighted by molar-refractivity contribution is 7.91. The van der Waals surface area contributed by atoms with Crippen molar-refractivity contribution in [3.8, 4) is 0 Å². The lowest BCUT2D eigenvalue weighted by Crippen LogP contribution is -2.45. The standard InChI is InChI=1S/C16H29N3O2S/c1-12-9-15(12)19-16(18-14-5-3-2-4-6-14)17-10-13-7-8-22(20,21)11-13/h12-15H,2-11H2,1H3,(H2,17,18,19). The van der Waals surface area contributed by atoms with Crippen molar-refractivity contribution in [2.75, 3.05) is 18.1 Å². The molecule has 3 unspecified atom stereocenters. The van der Waals surface area contributed by atoms with Gasteiger partial charge in [-0.3, -0.25) is 4.99 Å². The van der Waals surface area contributed by atoms with Crippen LogP contribution >= 0.6 is 0 Å². The minimum absolute atomic E-state index is 0.201. The van der Waals surface area contributed by atoms with Gasteiger partial charge in [0.05, 0.1) is 11.5 Å². The number of nitrogens with one attached hydrogen (secondary N) is 2. The predicted octanol–water partition coefficient (Wildman–Crippen LogP) is 1.70. The molecule has 3 atom stereocenters. The van der Waals surface area contributed by atoms with Crippen LogP contribution in [0.1, 0.15) is 51.9 Å². The molecular weight excluding hydrogens is 298 g/mol. The number of hydrogen-bond acceptors (Lipinski definition) is 3. The van der Waals surface area contributed by atoms with E-state index in [0.717, 1.165) is 18.3 Å². The summed E-state index contributed by atoms with van der Waals surface area (Å²) in [6, 6.07) is 1.07. The molecule has 0 bridgehead atoms. The summed E-state index contributed by atoms with van der Waals surface area (Å²) in [6.45, 7) is 2.88. The molecule has 0 radical (unpaired) electrons. The highest BCUT2D eigenvalue weighted by Crippen LogP contribution is 2.29. The largest absolute Gasteiger partial charge is 0.354 e. The van der Waals surface area contributed by atoms with Gasteiger partial charge in [0, 0.05) is 18.6 Å². The molecule has 1 heterocycles. The minimum Gasteiger partial charge on any atom is -0.354 e. The molecule has 2 N–H and O–H groups in total. The second kappa shape index (κ2) is 6.77. The third kappa shape index (κ3) is 4.61. The van der Waals surface area contributed by atoms with Crippen molar-refractivity contribution < 1.29 is 8.42 Å². The van der Waals surface area contributed by atoms with E-state index < -0.39 is 9.84 Å². The Morgan fingerprint density at radius 2 is 1.86 bits per heavy atom. The molecule has 22 heavy (non-hydrogen) atoms. The lowest BCUT2D eigenvalue weighted by atomic mass is 9.96. The Balaban J connectivity index is 1.55. The summed E-state index contributed by atoms with van der Waals surface area (Å²) in [5.74, 6) is 2.49. The van der Waals surface area contributed by atoms with Crippen LogP contribution in [0.4, 0.5) is 0 Å². The molecule has 1 saturated heterocycles. The van der Waals surface area contributed by atoms with Crippen LogP contribution in [0, 0.1) is 11.8 Å². The summed E-state index contributed by atoms with van der Waals surface area (Å²) in [5.41, 5.74) is 0. The van der Waals surface area contributed by atoms with E-state index in [1.807, 2.05) is 0 Å². The maximum Gasteiger partial charge on any atom is 0.191 e. The second-order valence-corrected chi connectivity index (χ2v) is 9.63. The average molecular weight is 327 g/mol. The second-order valence-electron chi connectivity index (χ2n) is 7.40. The third-order valence-corrected chi connectivity index (χ3v) is 7.05. The van der Waals surface area contributed by atoms with E-state index in [-0.39, 0.29) is 5.92 Å². The number of aliphatic imine (C=N–C) groups is 1. The summed E-state index contributed by atoms with van der Waals surface area (Å²) in [5, 5.41) is 7.10. The Morgan fingerprint density at radius 3 is 2.45 bits per heavy atom. The van der Waals surface area contributed by atoms with Crippen molar-refractivity contribution in [2.45, 2.75) is 64.0 Å². The fourth-order valence-corrected chi connectivity index (χ4v) is 5.36. The van der Waals surface area contributed by atoms with Gasteiger partial charge in [0.15, 0.2) is 15.8 Å². The molecular formula is C16H29N3O2S. The molecule has 5 nitrogen and oxygen atoms in total. The van der Waals surface area contributed by atoms with Gasteiger partial charge in [-0.25, -0.2) is 8.42 Å². The van der Waals surface area contributed by atoms with Crippen LogP contribution in [0.2, 0.25) is 0 Å². The zero-order valence-electron chi connectivity index (χ0n) is 13.6. The number of sulfone groups is 1. The number of guanidine groups is 1. The molecule has 0 spiro atoms. The van der Waals surface area contributed by atoms with Gasteiger partial charge in [-0.05, 0) is 37.5 Å². The van der Waals surface area contributed by atoms with Gasteiger partial charge in [0.25, 0.3) is 0 Å². The smallest absolute Gasteiger partial charge is 0.191 e. The van der Waals surface area contributed by atoms with Gasteiger partial charge in [0.1, 0.15) is 0 Å². The van der Waals surface area contributed by atoms with Crippen molar-refractivity contribution in [2.24, 2.45) is 16.8 Å². The molecule has 0 amide bonds. The quantitative estimate of drug-likeness (QED) is 0.609. The van der Waals surface area contributed by atoms with Crippen LogP contribution < -0.4 is 10.6 Å². The molecule has 3 aliphatic rings. The average Bonchev–Trinajstić information content (AvgIpc) is 3.05. The molecule has 6 heteroatoms. The SMILES string of the molecule is CC1CC1NC(=NCC1CCS(=O)(=O)C1)NC1CCCCC1. The summed E-state index contributed by atoms with van der Waals surface area (Å²) >= 11 is 0. The van der Waals surface area contributed by atoms with Crippen LogP contribution in [0.3, 0.4) is 0 Å². The molecule has 0 aromatic heterocycles. The number of nitrogens with zero attached hydrogens (tertiary/aromatic N) is 1. The van der Waals surface area contributed by atoms with E-state index in [0.29, 0.717) is 30.1 Å². The molecule has 1 aliphatic heterocycles. The van der Waals surface area contributed by atoms with Crippen LogP contribution in [0.5, 0.6) is 0 Å². The van der Waals surface area contributed by atoms with Gasteiger partial charge < -0.3 is 10.6 Å². The van der Waals surface area contributed by atoms with E-state index in [1.54, 1.807) is 0 Å². The van der Waals surface area contributed by atoms with Gasteiger partial charge >= 0.3 is 0 Å². The Morgan fingerprint density at radius 1 is 1.14 bits per heavy atom. The fourth-order valence-electron chi connectivity index (χ4n) is 3.51. The topological polar surface area (TPSA) is 70.6 Å². The molecule has 126 valence electrons. The molecule has 3 fully saturated rings. The van der Waals surface area contributed by atoms with E-state index in [4.69, 9.17) is 4.99 Å². The van der Waals surface area contributed by atoms with E-state index >= 15 is 0 Å². The Kier molecular flexibility index (Phi) is 4.95. The molecule has 0 aromatic rings. The zero-order valence-corrected chi connectivity index (χ0v) is 14.4. The van der Waals surface area contributed by atoms with Crippen molar-refractivity contribution in [1.29, 1.82) is 0 Å². The first kappa shape index (κ1) is 16.1. The van der Waals surface area contributed by atoms with Crippen LogP contribution in [-0.4, -0.2) is 44.5 Å².